The summed E-state index contributed by atoms with van der Waals surface area (Å²) in [5.41, 5.74) is 5.72. The first-order chi connectivity index (χ1) is 9.84. The van der Waals surface area contributed by atoms with Gasteiger partial charge < -0.3 is 5.32 Å². The lowest BCUT2D eigenvalue weighted by molar-refractivity contribution is 0.402. The highest BCUT2D eigenvalue weighted by Gasteiger charge is 2.32. The standard InChI is InChI=1S/C19H21N/c1-13-7-6-12-18(13)20-19-16-10-4-2-8-14(16)15-9-3-5-11-17(15)19/h2-5,8-11,13,18-20H,6-7,12H2,1H3. The van der Waals surface area contributed by atoms with E-state index in [2.05, 4.69) is 60.8 Å². The fourth-order valence-electron chi connectivity index (χ4n) is 3.94. The van der Waals surface area contributed by atoms with Crippen molar-refractivity contribution in [1.29, 1.82) is 0 Å². The predicted octanol–water partition coefficient (Wildman–Crippen LogP) is 4.53. The molecule has 20 heavy (non-hydrogen) atoms. The Kier molecular flexibility index (Phi) is 2.89. The third-order valence-corrected chi connectivity index (χ3v) is 5.08. The molecule has 0 heterocycles. The molecule has 2 atom stereocenters. The summed E-state index contributed by atoms with van der Waals surface area (Å²) in [7, 11) is 0. The summed E-state index contributed by atoms with van der Waals surface area (Å²) in [5, 5.41) is 3.94. The maximum atomic E-state index is 3.94. The number of nitrogens with one attached hydrogen (secondary N) is 1. The molecule has 0 amide bonds. The number of hydrogen-bond donors (Lipinski definition) is 1. The minimum atomic E-state index is 0.382. The van der Waals surface area contributed by atoms with Crippen LogP contribution in [0.1, 0.15) is 43.4 Å². The molecule has 4 rings (SSSR count). The lowest BCUT2D eigenvalue weighted by Crippen LogP contribution is -2.34. The minimum absolute atomic E-state index is 0.382. The number of fused-ring (bicyclic) bond motifs is 3. The van der Waals surface area contributed by atoms with E-state index in [0.29, 0.717) is 12.1 Å². The van der Waals surface area contributed by atoms with E-state index < -0.39 is 0 Å². The normalized spacial score (nSPS) is 24.6. The predicted molar refractivity (Wildman–Crippen MR) is 83.7 cm³/mol. The lowest BCUT2D eigenvalue weighted by Gasteiger charge is -2.24. The van der Waals surface area contributed by atoms with E-state index in [1.807, 2.05) is 0 Å². The van der Waals surface area contributed by atoms with E-state index in [1.54, 1.807) is 0 Å². The molecule has 1 N–H and O–H groups in total. The van der Waals surface area contributed by atoms with Gasteiger partial charge in [-0.1, -0.05) is 61.9 Å². The van der Waals surface area contributed by atoms with Crippen LogP contribution in [0.4, 0.5) is 0 Å². The highest BCUT2D eigenvalue weighted by Crippen LogP contribution is 2.44. The Morgan fingerprint density at radius 1 is 0.850 bits per heavy atom. The molecule has 0 aromatic heterocycles. The maximum Gasteiger partial charge on any atom is 0.0591 e. The molecule has 1 saturated carbocycles. The van der Waals surface area contributed by atoms with Crippen molar-refractivity contribution in [2.75, 3.05) is 0 Å². The summed E-state index contributed by atoms with van der Waals surface area (Å²) < 4.78 is 0. The maximum absolute atomic E-state index is 3.94. The van der Waals surface area contributed by atoms with Crippen LogP contribution in [0.3, 0.4) is 0 Å². The summed E-state index contributed by atoms with van der Waals surface area (Å²) in [6.45, 7) is 2.39. The summed E-state index contributed by atoms with van der Waals surface area (Å²) in [6, 6.07) is 18.8. The van der Waals surface area contributed by atoms with Crippen LogP contribution in [0.2, 0.25) is 0 Å². The van der Waals surface area contributed by atoms with Crippen molar-refractivity contribution >= 4 is 0 Å². The molecule has 0 spiro atoms. The van der Waals surface area contributed by atoms with Gasteiger partial charge in [0.05, 0.1) is 6.04 Å². The van der Waals surface area contributed by atoms with Crippen molar-refractivity contribution in [3.05, 3.63) is 59.7 Å². The first-order valence-corrected chi connectivity index (χ1v) is 7.79. The third-order valence-electron chi connectivity index (χ3n) is 5.08. The van der Waals surface area contributed by atoms with E-state index in [4.69, 9.17) is 0 Å². The second kappa shape index (κ2) is 4.75. The molecule has 2 aliphatic carbocycles. The zero-order valence-electron chi connectivity index (χ0n) is 12.0. The van der Waals surface area contributed by atoms with Crippen LogP contribution in [0.5, 0.6) is 0 Å². The van der Waals surface area contributed by atoms with Crippen LogP contribution in [0, 0.1) is 5.92 Å². The molecule has 0 bridgehead atoms. The third kappa shape index (κ3) is 1.81. The number of rotatable bonds is 2. The van der Waals surface area contributed by atoms with Gasteiger partial charge in [0, 0.05) is 6.04 Å². The summed E-state index contributed by atoms with van der Waals surface area (Å²) >= 11 is 0. The largest absolute Gasteiger partial charge is 0.303 e. The fraction of sp³-hybridized carbons (Fsp3) is 0.368. The molecule has 1 heteroatoms. The highest BCUT2D eigenvalue weighted by molar-refractivity contribution is 5.78. The van der Waals surface area contributed by atoms with Crippen molar-refractivity contribution in [2.45, 2.75) is 38.3 Å². The van der Waals surface area contributed by atoms with Crippen LogP contribution in [-0.2, 0) is 0 Å². The topological polar surface area (TPSA) is 12.0 Å². The van der Waals surface area contributed by atoms with Gasteiger partial charge in [-0.25, -0.2) is 0 Å². The molecular weight excluding hydrogens is 242 g/mol. The summed E-state index contributed by atoms with van der Waals surface area (Å²) in [6.07, 6.45) is 4.06. The van der Waals surface area contributed by atoms with Crippen LogP contribution >= 0.6 is 0 Å². The monoisotopic (exact) mass is 263 g/mol. The molecule has 1 fully saturated rings. The van der Waals surface area contributed by atoms with Gasteiger partial charge >= 0.3 is 0 Å². The highest BCUT2D eigenvalue weighted by atomic mass is 15.0. The number of benzene rings is 2. The quantitative estimate of drug-likeness (QED) is 0.839. The van der Waals surface area contributed by atoms with Gasteiger partial charge in [0.1, 0.15) is 0 Å². The zero-order valence-corrected chi connectivity index (χ0v) is 12.0. The lowest BCUT2D eigenvalue weighted by atomic mass is 10.0. The van der Waals surface area contributed by atoms with Crippen LogP contribution in [0.15, 0.2) is 48.5 Å². The van der Waals surface area contributed by atoms with Crippen molar-refractivity contribution < 1.29 is 0 Å². The second-order valence-corrected chi connectivity index (χ2v) is 6.29. The molecular formula is C19H21N. The molecule has 0 aliphatic heterocycles. The van der Waals surface area contributed by atoms with Crippen molar-refractivity contribution in [1.82, 2.24) is 5.32 Å². The van der Waals surface area contributed by atoms with E-state index in [1.165, 1.54) is 41.5 Å². The average Bonchev–Trinajstić information content (AvgIpc) is 3.03. The second-order valence-electron chi connectivity index (χ2n) is 6.29. The van der Waals surface area contributed by atoms with Gasteiger partial charge in [-0.3, -0.25) is 0 Å². The molecule has 0 saturated heterocycles. The SMILES string of the molecule is CC1CCCC1NC1c2ccccc2-c2ccccc21. The Morgan fingerprint density at radius 2 is 1.45 bits per heavy atom. The fourth-order valence-corrected chi connectivity index (χ4v) is 3.94. The van der Waals surface area contributed by atoms with E-state index in [-0.39, 0.29) is 0 Å². The van der Waals surface area contributed by atoms with Gasteiger partial charge in [0.15, 0.2) is 0 Å². The van der Waals surface area contributed by atoms with E-state index in [9.17, 15) is 0 Å². The van der Waals surface area contributed by atoms with Gasteiger partial charge in [0.25, 0.3) is 0 Å². The van der Waals surface area contributed by atoms with Crippen LogP contribution < -0.4 is 5.32 Å². The van der Waals surface area contributed by atoms with Crippen molar-refractivity contribution in [3.8, 4) is 11.1 Å². The minimum Gasteiger partial charge on any atom is -0.303 e. The van der Waals surface area contributed by atoms with Crippen molar-refractivity contribution in [2.24, 2.45) is 5.92 Å². The number of hydrogen-bond acceptors (Lipinski definition) is 1. The van der Waals surface area contributed by atoms with Gasteiger partial charge in [-0.2, -0.15) is 0 Å². The van der Waals surface area contributed by atoms with Gasteiger partial charge in [0.2, 0.25) is 0 Å². The van der Waals surface area contributed by atoms with Crippen LogP contribution in [0.25, 0.3) is 11.1 Å². The molecule has 2 aromatic rings. The van der Waals surface area contributed by atoms with Crippen molar-refractivity contribution in [3.63, 3.8) is 0 Å². The molecule has 2 aliphatic rings. The average molecular weight is 263 g/mol. The summed E-state index contributed by atoms with van der Waals surface area (Å²) in [4.78, 5) is 0. The Labute approximate surface area is 121 Å². The zero-order chi connectivity index (χ0) is 13.5. The van der Waals surface area contributed by atoms with Gasteiger partial charge in [-0.15, -0.1) is 0 Å². The Hall–Kier alpha value is -1.60. The Balaban J connectivity index is 1.75. The smallest absolute Gasteiger partial charge is 0.0591 e. The first kappa shape index (κ1) is 12.2. The first-order valence-electron chi connectivity index (χ1n) is 7.79. The van der Waals surface area contributed by atoms with E-state index in [0.717, 1.165) is 5.92 Å². The molecule has 0 radical (unpaired) electrons. The Morgan fingerprint density at radius 3 is 2.00 bits per heavy atom. The van der Waals surface area contributed by atoms with Crippen LogP contribution in [-0.4, -0.2) is 6.04 Å². The molecule has 2 aromatic carbocycles. The van der Waals surface area contributed by atoms with Gasteiger partial charge in [-0.05, 0) is 41.0 Å². The molecule has 2 unspecified atom stereocenters. The molecule has 1 nitrogen and oxygen atoms in total. The van der Waals surface area contributed by atoms with E-state index >= 15 is 0 Å². The molecule has 102 valence electrons. The summed E-state index contributed by atoms with van der Waals surface area (Å²) in [5.74, 6) is 0.801. The Bertz CT molecular complexity index is 586.